The smallest absolute Gasteiger partial charge is 0.759 e. The van der Waals surface area contributed by atoms with Gasteiger partial charge in [-0.2, -0.15) is 0 Å². The monoisotopic (exact) mass is 184 g/mol. The maximum absolute atomic E-state index is 8.52. The third-order valence-corrected chi connectivity index (χ3v) is 0. The van der Waals surface area contributed by atoms with Gasteiger partial charge in [0.1, 0.15) is 0 Å². The second-order valence-corrected chi connectivity index (χ2v) is 1.22. The van der Waals surface area contributed by atoms with Crippen molar-refractivity contribution in [2.24, 2.45) is 0 Å². The van der Waals surface area contributed by atoms with Gasteiger partial charge in [-0.25, -0.2) is 0 Å². The minimum absolute atomic E-state index is 0. The Morgan fingerprint density at radius 1 is 1.14 bits per heavy atom. The van der Waals surface area contributed by atoms with Gasteiger partial charge >= 0.3 is 59.5 Å². The Hall–Kier alpha value is 1.84. The fourth-order valence-corrected chi connectivity index (χ4v) is 0. The predicted octanol–water partition coefficient (Wildman–Crippen LogP) is -1.72. The van der Waals surface area contributed by atoms with E-state index in [9.17, 15) is 0 Å². The van der Waals surface area contributed by atoms with Gasteiger partial charge in [0.05, 0.1) is 0 Å². The first-order valence-corrected chi connectivity index (χ1v) is 2.00. The van der Waals surface area contributed by atoms with E-state index in [1.54, 1.807) is 0 Å². The summed E-state index contributed by atoms with van der Waals surface area (Å²) in [5.74, 6) is 0. The molecule has 0 radical (unpaired) electrons. The van der Waals surface area contributed by atoms with Crippen molar-refractivity contribution in [1.29, 1.82) is 0 Å². The van der Waals surface area contributed by atoms with Crippen LogP contribution in [0.15, 0.2) is 0 Å². The average molecular weight is 184 g/mol. The molecule has 0 saturated carbocycles. The second-order valence-electron chi connectivity index (χ2n) is 0.408. The summed E-state index contributed by atoms with van der Waals surface area (Å²) in [5, 5.41) is 0. The number of hydrogen-bond acceptors (Lipinski definition) is 4. The first kappa shape index (κ1) is 15.9. The number of rotatable bonds is 0. The van der Waals surface area contributed by atoms with Crippen molar-refractivity contribution in [1.82, 2.24) is 0 Å². The molecular formula is CaO4STi+2. The number of hydrogen-bond donors (Lipinski definition) is 0. The molecular weight excluding hydrogens is 184 g/mol. The summed E-state index contributed by atoms with van der Waals surface area (Å²) < 4.78 is 34.1. The summed E-state index contributed by atoms with van der Waals surface area (Å²) in [6.45, 7) is 0. The Labute approximate surface area is 86.1 Å². The minimum Gasteiger partial charge on any atom is -0.759 e. The Balaban J connectivity index is -0.0000000800. The van der Waals surface area contributed by atoms with Gasteiger partial charge in [-0.1, -0.05) is 0 Å². The normalized spacial score (nSPS) is 8.29. The standard InChI is InChI=1S/Ca.H2O4S.Ti/c;1-5(2,3)4;/h;(H2,1,2,3,4);/q+2;;+2/p-2. The Morgan fingerprint density at radius 2 is 1.14 bits per heavy atom. The summed E-state index contributed by atoms with van der Waals surface area (Å²) in [5.41, 5.74) is 0. The summed E-state index contributed by atoms with van der Waals surface area (Å²) >= 11 is 0. The van der Waals surface area contributed by atoms with E-state index in [-0.39, 0.29) is 59.5 Å². The van der Waals surface area contributed by atoms with Crippen LogP contribution in [-0.2, 0) is 32.1 Å². The molecule has 0 saturated heterocycles. The van der Waals surface area contributed by atoms with E-state index in [2.05, 4.69) is 0 Å². The van der Waals surface area contributed by atoms with Crippen molar-refractivity contribution in [3.63, 3.8) is 0 Å². The Bertz CT molecular complexity index is 94.9. The molecule has 0 aliphatic carbocycles. The Morgan fingerprint density at radius 3 is 1.14 bits per heavy atom. The molecule has 0 N–H and O–H groups in total. The molecule has 0 aromatic rings. The molecule has 4 nitrogen and oxygen atoms in total. The molecule has 0 aliphatic heterocycles. The molecule has 0 atom stereocenters. The van der Waals surface area contributed by atoms with Crippen LogP contribution < -0.4 is 0 Å². The van der Waals surface area contributed by atoms with Gasteiger partial charge in [-0.3, -0.25) is 8.42 Å². The van der Waals surface area contributed by atoms with Crippen molar-refractivity contribution >= 4 is 48.1 Å². The summed E-state index contributed by atoms with van der Waals surface area (Å²) in [7, 11) is -5.17. The Kier molecular flexibility index (Phi) is 13.6. The van der Waals surface area contributed by atoms with E-state index in [4.69, 9.17) is 17.5 Å². The molecule has 0 aliphatic rings. The molecule has 0 amide bonds. The van der Waals surface area contributed by atoms with E-state index in [1.165, 1.54) is 0 Å². The quantitative estimate of drug-likeness (QED) is 0.254. The molecule has 0 spiro atoms. The van der Waals surface area contributed by atoms with Crippen LogP contribution in [0.2, 0.25) is 0 Å². The van der Waals surface area contributed by atoms with Gasteiger partial charge in [0.15, 0.2) is 0 Å². The zero-order chi connectivity index (χ0) is 4.50. The van der Waals surface area contributed by atoms with E-state index in [0.717, 1.165) is 0 Å². The average Bonchev–Trinajstić information content (AvgIpc) is 0.722. The van der Waals surface area contributed by atoms with E-state index in [1.807, 2.05) is 0 Å². The summed E-state index contributed by atoms with van der Waals surface area (Å²) in [4.78, 5) is 0. The maximum Gasteiger partial charge on any atom is 2.00 e. The van der Waals surface area contributed by atoms with Gasteiger partial charge in [0.2, 0.25) is 0 Å². The van der Waals surface area contributed by atoms with E-state index in [0.29, 0.717) is 0 Å². The third-order valence-electron chi connectivity index (χ3n) is 0. The maximum atomic E-state index is 8.52. The minimum atomic E-state index is -5.17. The first-order chi connectivity index (χ1) is 2.00. The van der Waals surface area contributed by atoms with Crippen LogP contribution in [0, 0.1) is 0 Å². The first-order valence-electron chi connectivity index (χ1n) is 0.667. The molecule has 0 bridgehead atoms. The molecule has 34 valence electrons. The van der Waals surface area contributed by atoms with Gasteiger partial charge in [-0.05, 0) is 0 Å². The van der Waals surface area contributed by atoms with Crippen molar-refractivity contribution in [3.8, 4) is 0 Å². The van der Waals surface area contributed by atoms with Crippen LogP contribution in [0.3, 0.4) is 0 Å². The van der Waals surface area contributed by atoms with Crippen molar-refractivity contribution in [2.75, 3.05) is 0 Å². The molecule has 0 aromatic heterocycles. The molecule has 0 rings (SSSR count). The zero-order valence-corrected chi connectivity index (χ0v) is 7.83. The van der Waals surface area contributed by atoms with E-state index < -0.39 is 10.4 Å². The fraction of sp³-hybridized carbons (Fsp3) is 0. The van der Waals surface area contributed by atoms with Gasteiger partial charge in [0, 0.05) is 10.4 Å². The van der Waals surface area contributed by atoms with Crippen LogP contribution in [0.4, 0.5) is 0 Å². The van der Waals surface area contributed by atoms with Crippen molar-refractivity contribution in [3.05, 3.63) is 0 Å². The summed E-state index contributed by atoms with van der Waals surface area (Å²) in [6.07, 6.45) is 0. The van der Waals surface area contributed by atoms with Crippen molar-refractivity contribution in [2.45, 2.75) is 0 Å². The van der Waals surface area contributed by atoms with Crippen molar-refractivity contribution < 1.29 is 39.2 Å². The molecule has 0 aromatic carbocycles. The van der Waals surface area contributed by atoms with Crippen LogP contribution in [-0.4, -0.2) is 55.3 Å². The van der Waals surface area contributed by atoms with E-state index >= 15 is 0 Å². The van der Waals surface area contributed by atoms with Crippen LogP contribution >= 0.6 is 0 Å². The topological polar surface area (TPSA) is 80.3 Å². The van der Waals surface area contributed by atoms with Gasteiger partial charge in [-0.15, -0.1) is 0 Å². The summed E-state index contributed by atoms with van der Waals surface area (Å²) in [6, 6.07) is 0. The molecule has 7 heavy (non-hydrogen) atoms. The SMILES string of the molecule is O=S(=O)([O-])[O-].[Ca+2].[Ti+2]. The largest absolute Gasteiger partial charge is 2.00 e. The van der Waals surface area contributed by atoms with Crippen LogP contribution in [0.5, 0.6) is 0 Å². The fourth-order valence-electron chi connectivity index (χ4n) is 0. The van der Waals surface area contributed by atoms with Gasteiger partial charge in [0.25, 0.3) is 0 Å². The molecule has 0 heterocycles. The molecule has 7 heteroatoms. The van der Waals surface area contributed by atoms with Crippen LogP contribution in [0.25, 0.3) is 0 Å². The molecule has 0 unspecified atom stereocenters. The predicted molar refractivity (Wildman–Crippen MR) is 16.2 cm³/mol. The van der Waals surface area contributed by atoms with Crippen LogP contribution in [0.1, 0.15) is 0 Å². The zero-order valence-electron chi connectivity index (χ0n) is 3.25. The third kappa shape index (κ3) is 78.8. The molecule has 0 fully saturated rings. The van der Waals surface area contributed by atoms with Gasteiger partial charge < -0.3 is 9.11 Å². The second kappa shape index (κ2) is 5.97.